The van der Waals surface area contributed by atoms with Crippen LogP contribution >= 0.6 is 34.8 Å². The molecule has 1 saturated carbocycles. The summed E-state index contributed by atoms with van der Waals surface area (Å²) in [5, 5.41) is 20.8. The van der Waals surface area contributed by atoms with E-state index in [0.717, 1.165) is 48.8 Å². The highest BCUT2D eigenvalue weighted by atomic mass is 35.5. The maximum Gasteiger partial charge on any atom is 0.150 e. The first-order chi connectivity index (χ1) is 17.9. The van der Waals surface area contributed by atoms with Crippen LogP contribution in [0.25, 0.3) is 0 Å². The van der Waals surface area contributed by atoms with Crippen LogP contribution in [-0.2, 0) is 6.42 Å². The van der Waals surface area contributed by atoms with Gasteiger partial charge in [-0.25, -0.2) is 0 Å². The number of carbonyl (C=O) groups is 1. The number of nitrogens with one attached hydrogen (secondary N) is 1. The number of hydrogen-bond donors (Lipinski definition) is 2. The summed E-state index contributed by atoms with van der Waals surface area (Å²) in [6.45, 7) is -0.0369. The Bertz CT molecular complexity index is 1390. The minimum Gasteiger partial charge on any atom is -0.512 e. The van der Waals surface area contributed by atoms with Crippen molar-refractivity contribution in [3.8, 4) is 11.5 Å². The minimum atomic E-state index is -0.221. The number of aldehydes is 1. The zero-order valence-corrected chi connectivity index (χ0v) is 22.0. The van der Waals surface area contributed by atoms with Gasteiger partial charge in [-0.3, -0.25) is 10.2 Å². The molecule has 8 heteroatoms. The molecule has 2 aliphatic rings. The lowest BCUT2D eigenvalue weighted by Gasteiger charge is -2.27. The molecule has 0 amide bonds. The largest absolute Gasteiger partial charge is 0.512 e. The molecule has 2 N–H and O–H groups in total. The number of allylic oxidation sites excluding steroid dienone is 1. The van der Waals surface area contributed by atoms with Crippen molar-refractivity contribution < 1.29 is 19.4 Å². The fourth-order valence-electron chi connectivity index (χ4n) is 4.48. The topological polar surface area (TPSA) is 79.6 Å². The van der Waals surface area contributed by atoms with Crippen LogP contribution in [0.3, 0.4) is 0 Å². The van der Waals surface area contributed by atoms with Gasteiger partial charge in [0.15, 0.2) is 0 Å². The number of benzene rings is 3. The smallest absolute Gasteiger partial charge is 0.150 e. The quantitative estimate of drug-likeness (QED) is 0.166. The fourth-order valence-corrected chi connectivity index (χ4v) is 5.36. The Hall–Kier alpha value is -2.99. The molecule has 37 heavy (non-hydrogen) atoms. The number of carbonyl (C=O) groups excluding carboxylic acids is 1. The summed E-state index contributed by atoms with van der Waals surface area (Å²) in [7, 11) is 0. The SMILES string of the molecule is N=C(/C(COc1ccc(C2CCc3cc(C=O)ccc3O2)c(Cl)c1)=C(\O)C1CC1)c1c(Cl)cccc1Cl. The van der Waals surface area contributed by atoms with E-state index in [0.29, 0.717) is 37.5 Å². The van der Waals surface area contributed by atoms with Crippen LogP contribution in [0.2, 0.25) is 15.1 Å². The van der Waals surface area contributed by atoms with Crippen molar-refractivity contribution in [2.24, 2.45) is 5.92 Å². The molecular formula is C29H24Cl3NO4. The summed E-state index contributed by atoms with van der Waals surface area (Å²) in [5.41, 5.74) is 3.22. The van der Waals surface area contributed by atoms with Crippen molar-refractivity contribution in [3.05, 3.63) is 103 Å². The molecular weight excluding hydrogens is 533 g/mol. The van der Waals surface area contributed by atoms with Crippen molar-refractivity contribution in [2.45, 2.75) is 31.8 Å². The van der Waals surface area contributed by atoms with E-state index in [2.05, 4.69) is 0 Å². The second kappa shape index (κ2) is 10.8. The van der Waals surface area contributed by atoms with Crippen LogP contribution in [0.5, 0.6) is 11.5 Å². The summed E-state index contributed by atoms with van der Waals surface area (Å²) < 4.78 is 12.2. The first-order valence-electron chi connectivity index (χ1n) is 12.0. The Balaban J connectivity index is 1.33. The first kappa shape index (κ1) is 25.7. The molecule has 0 saturated heterocycles. The number of ether oxygens (including phenoxy) is 2. The van der Waals surface area contributed by atoms with Crippen LogP contribution in [0.1, 0.15) is 52.4 Å². The van der Waals surface area contributed by atoms with E-state index in [1.807, 2.05) is 18.2 Å². The number of aliphatic hydroxyl groups is 1. The second-order valence-electron chi connectivity index (χ2n) is 9.21. The molecule has 5 rings (SSSR count). The van der Waals surface area contributed by atoms with Crippen LogP contribution in [0, 0.1) is 11.3 Å². The molecule has 1 aliphatic carbocycles. The van der Waals surface area contributed by atoms with Crippen LogP contribution in [-0.4, -0.2) is 23.7 Å². The van der Waals surface area contributed by atoms with Gasteiger partial charge in [0.2, 0.25) is 0 Å². The Labute approximate surface area is 230 Å². The molecule has 3 aromatic rings. The summed E-state index contributed by atoms with van der Waals surface area (Å²) in [6.07, 6.45) is 3.84. The molecule has 3 aromatic carbocycles. The van der Waals surface area contributed by atoms with E-state index in [4.69, 9.17) is 49.7 Å². The maximum atomic E-state index is 11.1. The van der Waals surface area contributed by atoms with E-state index >= 15 is 0 Å². The van der Waals surface area contributed by atoms with Gasteiger partial charge in [-0.15, -0.1) is 0 Å². The molecule has 0 radical (unpaired) electrons. The van der Waals surface area contributed by atoms with Crippen LogP contribution < -0.4 is 9.47 Å². The highest BCUT2D eigenvalue weighted by molar-refractivity contribution is 6.41. The lowest BCUT2D eigenvalue weighted by atomic mass is 9.96. The van der Waals surface area contributed by atoms with Gasteiger partial charge in [0.1, 0.15) is 36.3 Å². The van der Waals surface area contributed by atoms with Crippen LogP contribution in [0.4, 0.5) is 0 Å². The standard InChI is InChI=1S/C29H24Cl3NO4/c30-22-2-1-3-23(31)27(22)28(33)21(29(35)17-5-6-17)15-36-19-8-9-20(24(32)13-19)26-11-7-18-12-16(14-34)4-10-25(18)37-26/h1-4,8-10,12-14,17,26,33,35H,5-7,11,15H2/b29-21-,33-28?. The van der Waals surface area contributed by atoms with Gasteiger partial charge >= 0.3 is 0 Å². The molecule has 1 fully saturated rings. The van der Waals surface area contributed by atoms with Crippen molar-refractivity contribution in [1.82, 2.24) is 0 Å². The Morgan fingerprint density at radius 2 is 1.78 bits per heavy atom. The van der Waals surface area contributed by atoms with Gasteiger partial charge in [-0.05, 0) is 73.7 Å². The molecule has 5 nitrogen and oxygen atoms in total. The maximum absolute atomic E-state index is 11.1. The summed E-state index contributed by atoms with van der Waals surface area (Å²) >= 11 is 19.3. The van der Waals surface area contributed by atoms with Crippen molar-refractivity contribution in [3.63, 3.8) is 0 Å². The second-order valence-corrected chi connectivity index (χ2v) is 10.4. The van der Waals surface area contributed by atoms with E-state index in [-0.39, 0.29) is 30.1 Å². The molecule has 190 valence electrons. The molecule has 1 unspecified atom stereocenters. The number of aryl methyl sites for hydroxylation is 1. The third-order valence-electron chi connectivity index (χ3n) is 6.66. The predicted octanol–water partition coefficient (Wildman–Crippen LogP) is 8.19. The third kappa shape index (κ3) is 5.49. The molecule has 0 spiro atoms. The lowest BCUT2D eigenvalue weighted by molar-refractivity contribution is 0.112. The summed E-state index contributed by atoms with van der Waals surface area (Å²) in [4.78, 5) is 11.1. The van der Waals surface area contributed by atoms with Gasteiger partial charge in [-0.1, -0.05) is 46.9 Å². The Kier molecular flexibility index (Phi) is 7.47. The first-order valence-corrected chi connectivity index (χ1v) is 13.1. The number of halogens is 3. The Morgan fingerprint density at radius 3 is 2.46 bits per heavy atom. The molecule has 1 aliphatic heterocycles. The van der Waals surface area contributed by atoms with Gasteiger partial charge in [-0.2, -0.15) is 0 Å². The summed E-state index contributed by atoms with van der Waals surface area (Å²) in [5.74, 6) is 1.40. The lowest BCUT2D eigenvalue weighted by Crippen LogP contribution is -2.17. The van der Waals surface area contributed by atoms with E-state index < -0.39 is 0 Å². The third-order valence-corrected chi connectivity index (χ3v) is 7.61. The summed E-state index contributed by atoms with van der Waals surface area (Å²) in [6, 6.07) is 15.8. The zero-order valence-electron chi connectivity index (χ0n) is 19.8. The number of aliphatic hydroxyl groups excluding tert-OH is 1. The molecule has 0 bridgehead atoms. The number of fused-ring (bicyclic) bond motifs is 1. The number of hydrogen-bond acceptors (Lipinski definition) is 5. The fraction of sp³-hybridized carbons (Fsp3) is 0.241. The van der Waals surface area contributed by atoms with E-state index in [1.54, 1.807) is 36.4 Å². The monoisotopic (exact) mass is 555 g/mol. The highest BCUT2D eigenvalue weighted by Crippen LogP contribution is 2.40. The molecule has 1 atom stereocenters. The Morgan fingerprint density at radius 1 is 1.03 bits per heavy atom. The normalized spacial score (nSPS) is 17.3. The number of rotatable bonds is 8. The van der Waals surface area contributed by atoms with Crippen molar-refractivity contribution in [1.29, 1.82) is 5.41 Å². The molecule has 0 aromatic heterocycles. The van der Waals surface area contributed by atoms with Gasteiger partial charge in [0, 0.05) is 22.6 Å². The average molecular weight is 557 g/mol. The minimum absolute atomic E-state index is 0.0140. The highest BCUT2D eigenvalue weighted by Gasteiger charge is 2.31. The van der Waals surface area contributed by atoms with Gasteiger partial charge < -0.3 is 14.6 Å². The van der Waals surface area contributed by atoms with Crippen molar-refractivity contribution in [2.75, 3.05) is 6.61 Å². The van der Waals surface area contributed by atoms with Crippen molar-refractivity contribution >= 4 is 46.8 Å². The van der Waals surface area contributed by atoms with Gasteiger partial charge in [0.25, 0.3) is 0 Å². The molecule has 1 heterocycles. The zero-order chi connectivity index (χ0) is 26.1. The van der Waals surface area contributed by atoms with Gasteiger partial charge in [0.05, 0.1) is 26.4 Å². The predicted molar refractivity (Wildman–Crippen MR) is 146 cm³/mol. The van der Waals surface area contributed by atoms with E-state index in [1.165, 1.54) is 0 Å². The average Bonchev–Trinajstić information content (AvgIpc) is 3.74. The van der Waals surface area contributed by atoms with E-state index in [9.17, 15) is 9.90 Å². The van der Waals surface area contributed by atoms with Crippen LogP contribution in [0.15, 0.2) is 65.9 Å².